The Morgan fingerprint density at radius 2 is 2.20 bits per heavy atom. The van der Waals surface area contributed by atoms with E-state index in [0.29, 0.717) is 5.92 Å². The van der Waals surface area contributed by atoms with Gasteiger partial charge in [-0.1, -0.05) is 26.0 Å². The van der Waals surface area contributed by atoms with Crippen molar-refractivity contribution in [2.45, 2.75) is 39.7 Å². The number of carbonyl (C=O) groups is 1. The minimum atomic E-state index is 0.0297. The highest BCUT2D eigenvalue weighted by atomic mass is 16.2. The average Bonchev–Trinajstić information content (AvgIpc) is 2.94. The Balaban J connectivity index is 2.06. The van der Waals surface area contributed by atoms with Crippen LogP contribution < -0.4 is 5.32 Å². The van der Waals surface area contributed by atoms with Gasteiger partial charge in [0.15, 0.2) is 0 Å². The second kappa shape index (κ2) is 4.97. The maximum absolute atomic E-state index is 11.9. The first kappa shape index (κ1) is 13.2. The van der Waals surface area contributed by atoms with Crippen LogP contribution in [0.1, 0.15) is 37.3 Å². The molecule has 0 saturated carbocycles. The van der Waals surface area contributed by atoms with Crippen LogP contribution >= 0.6 is 0 Å². The van der Waals surface area contributed by atoms with Gasteiger partial charge in [-0.25, -0.2) is 0 Å². The lowest BCUT2D eigenvalue weighted by Gasteiger charge is -2.11. The van der Waals surface area contributed by atoms with Gasteiger partial charge >= 0.3 is 0 Å². The molecule has 0 spiro atoms. The Bertz CT molecular complexity index is 654. The van der Waals surface area contributed by atoms with Gasteiger partial charge in [-0.2, -0.15) is 0 Å². The number of carbonyl (C=O) groups excluding carboxylic acids is 1. The molecule has 1 saturated heterocycles. The highest BCUT2D eigenvalue weighted by molar-refractivity contribution is 5.89. The van der Waals surface area contributed by atoms with Crippen molar-refractivity contribution in [3.05, 3.63) is 35.5 Å². The van der Waals surface area contributed by atoms with E-state index < -0.39 is 0 Å². The van der Waals surface area contributed by atoms with Crippen molar-refractivity contribution in [2.75, 3.05) is 6.54 Å². The zero-order chi connectivity index (χ0) is 14.3. The number of nitrogens with one attached hydrogen (secondary N) is 1. The van der Waals surface area contributed by atoms with Gasteiger partial charge in [-0.05, 0) is 36.5 Å². The number of nitrogens with zero attached hydrogens (tertiary/aromatic N) is 1. The molecule has 1 amide bonds. The molecule has 20 heavy (non-hydrogen) atoms. The zero-order valence-electron chi connectivity index (χ0n) is 12.4. The number of rotatable bonds is 3. The van der Waals surface area contributed by atoms with Crippen molar-refractivity contribution >= 4 is 16.8 Å². The standard InChI is InChI=1S/C17H22N2O/c1-11(2)9-19-10-12(3)14-5-4-13(8-16(14)19)15-6-7-18-17(15)20/h4-5,8,10-11,15H,6-7,9H2,1-3H3,(H,18,20). The van der Waals surface area contributed by atoms with Gasteiger partial charge in [-0.15, -0.1) is 0 Å². The van der Waals surface area contributed by atoms with E-state index in [2.05, 4.69) is 55.1 Å². The highest BCUT2D eigenvalue weighted by Gasteiger charge is 2.26. The lowest BCUT2D eigenvalue weighted by Crippen LogP contribution is -2.17. The predicted octanol–water partition coefficient (Wildman–Crippen LogP) is 3.21. The smallest absolute Gasteiger partial charge is 0.227 e. The van der Waals surface area contributed by atoms with Gasteiger partial charge in [0.1, 0.15) is 0 Å². The SMILES string of the molecule is Cc1cn(CC(C)C)c2cc(C3CCNC3=O)ccc12. The largest absolute Gasteiger partial charge is 0.356 e. The number of aryl methyl sites for hydroxylation is 1. The van der Waals surface area contributed by atoms with Crippen molar-refractivity contribution < 1.29 is 4.79 Å². The number of hydrogen-bond donors (Lipinski definition) is 1. The van der Waals surface area contributed by atoms with Crippen molar-refractivity contribution in [1.82, 2.24) is 9.88 Å². The molecule has 1 aliphatic rings. The minimum Gasteiger partial charge on any atom is -0.356 e. The fourth-order valence-electron chi connectivity index (χ4n) is 3.17. The van der Waals surface area contributed by atoms with Crippen LogP contribution in [0.4, 0.5) is 0 Å². The van der Waals surface area contributed by atoms with Crippen LogP contribution in [0.5, 0.6) is 0 Å². The van der Waals surface area contributed by atoms with E-state index in [1.54, 1.807) is 0 Å². The molecular weight excluding hydrogens is 248 g/mol. The lowest BCUT2D eigenvalue weighted by molar-refractivity contribution is -0.120. The van der Waals surface area contributed by atoms with Crippen molar-refractivity contribution in [2.24, 2.45) is 5.92 Å². The van der Waals surface area contributed by atoms with E-state index in [1.807, 2.05) is 0 Å². The van der Waals surface area contributed by atoms with E-state index in [-0.39, 0.29) is 11.8 Å². The molecule has 1 N–H and O–H groups in total. The van der Waals surface area contributed by atoms with Gasteiger partial charge < -0.3 is 9.88 Å². The third kappa shape index (κ3) is 2.21. The van der Waals surface area contributed by atoms with E-state index in [9.17, 15) is 4.79 Å². The Morgan fingerprint density at radius 1 is 1.40 bits per heavy atom. The van der Waals surface area contributed by atoms with E-state index in [0.717, 1.165) is 25.1 Å². The van der Waals surface area contributed by atoms with Crippen molar-refractivity contribution in [3.63, 3.8) is 0 Å². The summed E-state index contributed by atoms with van der Waals surface area (Å²) in [7, 11) is 0. The maximum Gasteiger partial charge on any atom is 0.227 e. The van der Waals surface area contributed by atoms with Crippen LogP contribution in [0.2, 0.25) is 0 Å². The molecule has 1 aliphatic heterocycles. The molecule has 0 aliphatic carbocycles. The Kier molecular flexibility index (Phi) is 3.28. The quantitative estimate of drug-likeness (QED) is 0.913. The van der Waals surface area contributed by atoms with E-state index >= 15 is 0 Å². The molecule has 3 nitrogen and oxygen atoms in total. The topological polar surface area (TPSA) is 34.0 Å². The van der Waals surface area contributed by atoms with Gasteiger partial charge in [-0.3, -0.25) is 4.79 Å². The van der Waals surface area contributed by atoms with E-state index in [4.69, 9.17) is 0 Å². The zero-order valence-corrected chi connectivity index (χ0v) is 12.4. The molecule has 106 valence electrons. The molecule has 3 rings (SSSR count). The molecule has 3 heteroatoms. The second-order valence-corrected chi connectivity index (χ2v) is 6.27. The molecule has 0 radical (unpaired) electrons. The molecular formula is C17H22N2O. The van der Waals surface area contributed by atoms with Crippen molar-refractivity contribution in [3.8, 4) is 0 Å². The molecule has 2 heterocycles. The summed E-state index contributed by atoms with van der Waals surface area (Å²) in [5, 5.41) is 4.22. The Labute approximate surface area is 120 Å². The molecule has 1 atom stereocenters. The first-order chi connectivity index (χ1) is 9.56. The monoisotopic (exact) mass is 270 g/mol. The summed E-state index contributed by atoms with van der Waals surface area (Å²) in [6.07, 6.45) is 3.14. The predicted molar refractivity (Wildman–Crippen MR) is 81.9 cm³/mol. The lowest BCUT2D eigenvalue weighted by atomic mass is 9.96. The number of benzene rings is 1. The summed E-state index contributed by atoms with van der Waals surface area (Å²) >= 11 is 0. The fourth-order valence-corrected chi connectivity index (χ4v) is 3.17. The second-order valence-electron chi connectivity index (χ2n) is 6.27. The third-order valence-corrected chi connectivity index (χ3v) is 4.12. The summed E-state index contributed by atoms with van der Waals surface area (Å²) in [5.41, 5.74) is 3.71. The minimum absolute atomic E-state index is 0.0297. The molecule has 0 bridgehead atoms. The van der Waals surface area contributed by atoms with E-state index in [1.165, 1.54) is 16.5 Å². The molecule has 1 aromatic heterocycles. The van der Waals surface area contributed by atoms with Crippen LogP contribution in [0.25, 0.3) is 10.9 Å². The van der Waals surface area contributed by atoms with Gasteiger partial charge in [0.25, 0.3) is 0 Å². The van der Waals surface area contributed by atoms with Gasteiger partial charge in [0, 0.05) is 30.2 Å². The van der Waals surface area contributed by atoms with Crippen LogP contribution in [0, 0.1) is 12.8 Å². The number of hydrogen-bond acceptors (Lipinski definition) is 1. The summed E-state index contributed by atoms with van der Waals surface area (Å²) in [5.74, 6) is 0.813. The molecule has 2 aromatic rings. The van der Waals surface area contributed by atoms with Gasteiger partial charge in [0.2, 0.25) is 5.91 Å². The Morgan fingerprint density at radius 3 is 2.85 bits per heavy atom. The average molecular weight is 270 g/mol. The number of amides is 1. The third-order valence-electron chi connectivity index (χ3n) is 4.12. The summed E-state index contributed by atoms with van der Waals surface area (Å²) in [6, 6.07) is 6.49. The summed E-state index contributed by atoms with van der Waals surface area (Å²) < 4.78 is 2.33. The molecule has 1 aromatic carbocycles. The first-order valence-electron chi connectivity index (χ1n) is 7.43. The Hall–Kier alpha value is -1.77. The van der Waals surface area contributed by atoms with Gasteiger partial charge in [0.05, 0.1) is 5.92 Å². The maximum atomic E-state index is 11.9. The number of aromatic nitrogens is 1. The fraction of sp³-hybridized carbons (Fsp3) is 0.471. The van der Waals surface area contributed by atoms with Crippen LogP contribution in [-0.2, 0) is 11.3 Å². The first-order valence-corrected chi connectivity index (χ1v) is 7.43. The van der Waals surface area contributed by atoms with Crippen molar-refractivity contribution in [1.29, 1.82) is 0 Å². The number of fused-ring (bicyclic) bond motifs is 1. The van der Waals surface area contributed by atoms with Crippen LogP contribution in [-0.4, -0.2) is 17.0 Å². The van der Waals surface area contributed by atoms with Crippen LogP contribution in [0.3, 0.4) is 0 Å². The van der Waals surface area contributed by atoms with Crippen LogP contribution in [0.15, 0.2) is 24.4 Å². The summed E-state index contributed by atoms with van der Waals surface area (Å²) in [6.45, 7) is 8.43. The normalized spacial score (nSPS) is 19.0. The molecule has 1 fully saturated rings. The summed E-state index contributed by atoms with van der Waals surface area (Å²) in [4.78, 5) is 11.9. The highest BCUT2D eigenvalue weighted by Crippen LogP contribution is 2.29. The molecule has 1 unspecified atom stereocenters.